The van der Waals surface area contributed by atoms with Crippen LogP contribution in [0.4, 0.5) is 0 Å². The van der Waals surface area contributed by atoms with Crippen LogP contribution in [-0.2, 0) is 4.79 Å². The Labute approximate surface area is 94.2 Å². The highest BCUT2D eigenvalue weighted by atomic mass is 35.5. The summed E-state index contributed by atoms with van der Waals surface area (Å²) in [6.45, 7) is 4.09. The third-order valence-corrected chi connectivity index (χ3v) is 2.31. The maximum atomic E-state index is 10.4. The van der Waals surface area contributed by atoms with Crippen molar-refractivity contribution < 1.29 is 9.90 Å². The molecule has 0 bridgehead atoms. The van der Waals surface area contributed by atoms with E-state index in [1.165, 1.54) is 0 Å². The zero-order chi connectivity index (χ0) is 11.4. The summed E-state index contributed by atoms with van der Waals surface area (Å²) >= 11 is 5.88. The van der Waals surface area contributed by atoms with Crippen LogP contribution in [0.5, 0.6) is 0 Å². The third kappa shape index (κ3) is 3.40. The van der Waals surface area contributed by atoms with Gasteiger partial charge in [0.25, 0.3) is 0 Å². The molecule has 3 heteroatoms. The van der Waals surface area contributed by atoms with Crippen LogP contribution in [0.25, 0.3) is 6.08 Å². The number of aliphatic carboxylic acids is 1. The molecule has 1 aromatic rings. The number of hydrogen-bond acceptors (Lipinski definition) is 1. The second-order valence-corrected chi connectivity index (χ2v) is 4.04. The number of hydrogen-bond donors (Lipinski definition) is 1. The van der Waals surface area contributed by atoms with Gasteiger partial charge in [-0.05, 0) is 35.3 Å². The van der Waals surface area contributed by atoms with Crippen LogP contribution in [0.2, 0.25) is 5.02 Å². The van der Waals surface area contributed by atoms with E-state index in [1.807, 2.05) is 26.0 Å². The molecule has 0 spiro atoms. The third-order valence-electron chi connectivity index (χ3n) is 2.08. The molecular formula is C12H13ClO2. The lowest BCUT2D eigenvalue weighted by molar-refractivity contribution is -0.131. The van der Waals surface area contributed by atoms with Crippen molar-refractivity contribution in [3.05, 3.63) is 40.4 Å². The van der Waals surface area contributed by atoms with Gasteiger partial charge in [-0.3, -0.25) is 0 Å². The zero-order valence-electron chi connectivity index (χ0n) is 8.70. The highest BCUT2D eigenvalue weighted by molar-refractivity contribution is 6.30. The van der Waals surface area contributed by atoms with E-state index in [9.17, 15) is 4.79 Å². The van der Waals surface area contributed by atoms with Crippen molar-refractivity contribution >= 4 is 23.6 Å². The molecule has 0 radical (unpaired) electrons. The number of carbonyl (C=O) groups is 1. The van der Waals surface area contributed by atoms with E-state index in [0.29, 0.717) is 10.9 Å². The molecule has 0 saturated heterocycles. The summed E-state index contributed by atoms with van der Waals surface area (Å²) in [6.07, 6.45) is 2.73. The molecule has 0 saturated carbocycles. The Hall–Kier alpha value is -1.28. The molecule has 1 N–H and O–H groups in total. The lowest BCUT2D eigenvalue weighted by Crippen LogP contribution is -1.93. The summed E-state index contributed by atoms with van der Waals surface area (Å²) in [5, 5.41) is 9.22. The van der Waals surface area contributed by atoms with Crippen molar-refractivity contribution in [1.29, 1.82) is 0 Å². The number of carboxylic acids is 1. The van der Waals surface area contributed by atoms with Crippen LogP contribution >= 0.6 is 11.6 Å². The molecule has 80 valence electrons. The molecule has 0 amide bonds. The summed E-state index contributed by atoms with van der Waals surface area (Å²) in [7, 11) is 0. The second-order valence-electron chi connectivity index (χ2n) is 3.60. The lowest BCUT2D eigenvalue weighted by Gasteiger charge is -2.09. The van der Waals surface area contributed by atoms with Gasteiger partial charge in [0.1, 0.15) is 0 Å². The fourth-order valence-electron chi connectivity index (χ4n) is 1.36. The average Bonchev–Trinajstić information content (AvgIpc) is 2.15. The van der Waals surface area contributed by atoms with Gasteiger partial charge in [0, 0.05) is 11.1 Å². The van der Waals surface area contributed by atoms with Crippen molar-refractivity contribution in [2.24, 2.45) is 0 Å². The minimum Gasteiger partial charge on any atom is -0.478 e. The summed E-state index contributed by atoms with van der Waals surface area (Å²) < 4.78 is 0. The molecule has 1 aromatic carbocycles. The van der Waals surface area contributed by atoms with Crippen LogP contribution in [0.3, 0.4) is 0 Å². The molecule has 1 rings (SSSR count). The van der Waals surface area contributed by atoms with E-state index in [4.69, 9.17) is 16.7 Å². The fraction of sp³-hybridized carbons (Fsp3) is 0.250. The fourth-order valence-corrected chi connectivity index (χ4v) is 1.54. The van der Waals surface area contributed by atoms with Gasteiger partial charge in [0.15, 0.2) is 0 Å². The van der Waals surface area contributed by atoms with Crippen LogP contribution in [0.1, 0.15) is 30.9 Å². The highest BCUT2D eigenvalue weighted by Gasteiger charge is 2.05. The first-order valence-electron chi connectivity index (χ1n) is 4.71. The first-order chi connectivity index (χ1) is 7.00. The standard InChI is InChI=1S/C12H13ClO2/c1-8(2)11-7-10(13)5-3-9(11)4-6-12(14)15/h3-8H,1-2H3,(H,14,15)/b6-4+. The molecule has 0 unspecified atom stereocenters. The predicted molar refractivity (Wildman–Crippen MR) is 62.2 cm³/mol. The van der Waals surface area contributed by atoms with Gasteiger partial charge >= 0.3 is 5.97 Å². The molecule has 0 aliphatic carbocycles. The lowest BCUT2D eigenvalue weighted by atomic mass is 9.97. The molecule has 0 fully saturated rings. The molecule has 0 aromatic heterocycles. The molecule has 0 aliphatic rings. The van der Waals surface area contributed by atoms with E-state index in [-0.39, 0.29) is 0 Å². The Bertz CT molecular complexity index is 395. The maximum absolute atomic E-state index is 10.4. The SMILES string of the molecule is CC(C)c1cc(Cl)ccc1/C=C/C(=O)O. The van der Waals surface area contributed by atoms with Crippen LogP contribution in [0.15, 0.2) is 24.3 Å². The second kappa shape index (κ2) is 4.99. The largest absolute Gasteiger partial charge is 0.478 e. The van der Waals surface area contributed by atoms with Gasteiger partial charge in [-0.2, -0.15) is 0 Å². The topological polar surface area (TPSA) is 37.3 Å². The zero-order valence-corrected chi connectivity index (χ0v) is 9.45. The monoisotopic (exact) mass is 224 g/mol. The van der Waals surface area contributed by atoms with Gasteiger partial charge in [0.05, 0.1) is 0 Å². The van der Waals surface area contributed by atoms with Crippen LogP contribution in [0, 0.1) is 0 Å². The highest BCUT2D eigenvalue weighted by Crippen LogP contribution is 2.24. The van der Waals surface area contributed by atoms with Gasteiger partial charge in [0.2, 0.25) is 0 Å². The number of rotatable bonds is 3. The van der Waals surface area contributed by atoms with Gasteiger partial charge in [-0.15, -0.1) is 0 Å². The van der Waals surface area contributed by atoms with Crippen molar-refractivity contribution in [2.75, 3.05) is 0 Å². The minimum absolute atomic E-state index is 0.317. The first-order valence-corrected chi connectivity index (χ1v) is 5.09. The summed E-state index contributed by atoms with van der Waals surface area (Å²) in [4.78, 5) is 10.4. The summed E-state index contributed by atoms with van der Waals surface area (Å²) in [5.41, 5.74) is 1.96. The molecule has 0 heterocycles. The Morgan fingerprint density at radius 3 is 2.67 bits per heavy atom. The smallest absolute Gasteiger partial charge is 0.328 e. The summed E-state index contributed by atoms with van der Waals surface area (Å²) in [5.74, 6) is -0.628. The number of halogens is 1. The first kappa shape index (κ1) is 11.8. The van der Waals surface area contributed by atoms with Crippen molar-refractivity contribution in [3.8, 4) is 0 Å². The Morgan fingerprint density at radius 1 is 1.47 bits per heavy atom. The molecule has 0 aliphatic heterocycles. The van der Waals surface area contributed by atoms with Crippen molar-refractivity contribution in [2.45, 2.75) is 19.8 Å². The van der Waals surface area contributed by atoms with E-state index in [1.54, 1.807) is 12.1 Å². The molecule has 2 nitrogen and oxygen atoms in total. The Balaban J connectivity index is 3.11. The van der Waals surface area contributed by atoms with E-state index in [2.05, 4.69) is 0 Å². The van der Waals surface area contributed by atoms with Gasteiger partial charge < -0.3 is 5.11 Å². The van der Waals surface area contributed by atoms with E-state index < -0.39 is 5.97 Å². The average molecular weight is 225 g/mol. The van der Waals surface area contributed by atoms with E-state index >= 15 is 0 Å². The Kier molecular flexibility index (Phi) is 3.92. The normalized spacial score (nSPS) is 11.2. The Morgan fingerprint density at radius 2 is 2.13 bits per heavy atom. The molecule has 15 heavy (non-hydrogen) atoms. The van der Waals surface area contributed by atoms with Gasteiger partial charge in [-0.1, -0.05) is 31.5 Å². The van der Waals surface area contributed by atoms with E-state index in [0.717, 1.165) is 17.2 Å². The van der Waals surface area contributed by atoms with Crippen LogP contribution in [-0.4, -0.2) is 11.1 Å². The predicted octanol–water partition coefficient (Wildman–Crippen LogP) is 3.56. The quantitative estimate of drug-likeness (QED) is 0.798. The molecule has 0 atom stereocenters. The van der Waals surface area contributed by atoms with Gasteiger partial charge in [-0.25, -0.2) is 4.79 Å². The van der Waals surface area contributed by atoms with Crippen molar-refractivity contribution in [1.82, 2.24) is 0 Å². The van der Waals surface area contributed by atoms with Crippen molar-refractivity contribution in [3.63, 3.8) is 0 Å². The number of benzene rings is 1. The molecular weight excluding hydrogens is 212 g/mol. The van der Waals surface area contributed by atoms with Crippen LogP contribution < -0.4 is 0 Å². The summed E-state index contributed by atoms with van der Waals surface area (Å²) in [6, 6.07) is 5.46. The minimum atomic E-state index is -0.945. The maximum Gasteiger partial charge on any atom is 0.328 e. The number of carboxylic acid groups (broad SMARTS) is 1.